The largest absolute Gasteiger partial charge is 0.396 e. The quantitative estimate of drug-likeness (QED) is 0.836. The van der Waals surface area contributed by atoms with E-state index in [4.69, 9.17) is 5.73 Å². The lowest BCUT2D eigenvalue weighted by Gasteiger charge is -2.04. The topological polar surface area (TPSA) is 98.7 Å². The van der Waals surface area contributed by atoms with E-state index in [0.29, 0.717) is 27.3 Å². The molecule has 0 aliphatic carbocycles. The molecule has 3 N–H and O–H groups in total. The summed E-state index contributed by atoms with van der Waals surface area (Å²) in [7, 11) is 0. The molecular weight excluding hydrogens is 380 g/mol. The number of nitrogens with two attached hydrogens (primary N) is 1. The molecule has 2 rings (SSSR count). The third-order valence-electron chi connectivity index (χ3n) is 2.26. The van der Waals surface area contributed by atoms with Gasteiger partial charge in [-0.3, -0.25) is 9.48 Å². The lowest BCUT2D eigenvalue weighted by molar-refractivity contribution is 0.102. The van der Waals surface area contributed by atoms with E-state index in [1.807, 2.05) is 6.92 Å². The van der Waals surface area contributed by atoms with Crippen LogP contribution in [0.1, 0.15) is 17.4 Å². The van der Waals surface area contributed by atoms with Crippen LogP contribution in [0.5, 0.6) is 0 Å². The summed E-state index contributed by atoms with van der Waals surface area (Å²) in [6.07, 6.45) is 3.09. The smallest absolute Gasteiger partial charge is 0.279 e. The van der Waals surface area contributed by atoms with Crippen LogP contribution in [0.15, 0.2) is 21.6 Å². The summed E-state index contributed by atoms with van der Waals surface area (Å²) in [4.78, 5) is 20.1. The number of nitrogens with zero attached hydrogens (tertiary/aromatic N) is 4. The standard InChI is InChI=1S/C10H10Br2N6O/c1-2-18-4-5(13)7(17-18)10(19)16-9-8(12)15-6(11)3-14-9/h3-4H,2,13H2,1H3,(H,14,16,19). The summed E-state index contributed by atoms with van der Waals surface area (Å²) >= 11 is 6.39. The Morgan fingerprint density at radius 1 is 1.53 bits per heavy atom. The minimum atomic E-state index is -0.429. The fraction of sp³-hybridized carbons (Fsp3) is 0.200. The van der Waals surface area contributed by atoms with Gasteiger partial charge in [0.25, 0.3) is 5.91 Å². The summed E-state index contributed by atoms with van der Waals surface area (Å²) in [5.41, 5.74) is 6.22. The van der Waals surface area contributed by atoms with Gasteiger partial charge in [-0.15, -0.1) is 0 Å². The van der Waals surface area contributed by atoms with Crippen molar-refractivity contribution in [3.05, 3.63) is 27.3 Å². The first-order chi connectivity index (χ1) is 9.01. The van der Waals surface area contributed by atoms with Gasteiger partial charge in [0.2, 0.25) is 0 Å². The van der Waals surface area contributed by atoms with Gasteiger partial charge in [0.15, 0.2) is 11.5 Å². The van der Waals surface area contributed by atoms with Crippen molar-refractivity contribution in [2.24, 2.45) is 0 Å². The molecule has 100 valence electrons. The number of rotatable bonds is 3. The number of carbonyl (C=O) groups excluding carboxylic acids is 1. The van der Waals surface area contributed by atoms with Crippen molar-refractivity contribution >= 4 is 49.3 Å². The van der Waals surface area contributed by atoms with Crippen LogP contribution in [0, 0.1) is 0 Å². The second-order valence-electron chi connectivity index (χ2n) is 3.58. The number of hydrogen-bond donors (Lipinski definition) is 2. The van der Waals surface area contributed by atoms with Crippen LogP contribution in [-0.2, 0) is 6.54 Å². The van der Waals surface area contributed by atoms with Crippen molar-refractivity contribution < 1.29 is 4.79 Å². The molecule has 0 aliphatic heterocycles. The Morgan fingerprint density at radius 2 is 2.26 bits per heavy atom. The van der Waals surface area contributed by atoms with Gasteiger partial charge < -0.3 is 11.1 Å². The van der Waals surface area contributed by atoms with Crippen molar-refractivity contribution in [3.8, 4) is 0 Å². The van der Waals surface area contributed by atoms with Crippen LogP contribution in [0.3, 0.4) is 0 Å². The number of carbonyl (C=O) groups is 1. The molecule has 7 nitrogen and oxygen atoms in total. The van der Waals surface area contributed by atoms with Crippen molar-refractivity contribution in [2.75, 3.05) is 11.1 Å². The molecule has 0 atom stereocenters. The Balaban J connectivity index is 2.23. The molecular formula is C10H10Br2N6O. The van der Waals surface area contributed by atoms with E-state index in [-0.39, 0.29) is 5.69 Å². The van der Waals surface area contributed by atoms with Crippen molar-refractivity contribution in [2.45, 2.75) is 13.5 Å². The lowest BCUT2D eigenvalue weighted by Crippen LogP contribution is -2.16. The molecule has 2 heterocycles. The molecule has 2 aromatic heterocycles. The second kappa shape index (κ2) is 5.66. The molecule has 0 fully saturated rings. The van der Waals surface area contributed by atoms with Gasteiger partial charge in [0.05, 0.1) is 11.9 Å². The van der Waals surface area contributed by atoms with E-state index in [9.17, 15) is 4.79 Å². The van der Waals surface area contributed by atoms with Gasteiger partial charge in [-0.05, 0) is 38.8 Å². The predicted octanol–water partition coefficient (Wildman–Crippen LogP) is 2.05. The molecule has 0 aliphatic rings. The van der Waals surface area contributed by atoms with Crippen LogP contribution < -0.4 is 11.1 Å². The highest BCUT2D eigenvalue weighted by molar-refractivity contribution is 9.11. The second-order valence-corrected chi connectivity index (χ2v) is 5.14. The SMILES string of the molecule is CCn1cc(N)c(C(=O)Nc2ncc(Br)nc2Br)n1. The number of aryl methyl sites for hydroxylation is 1. The van der Waals surface area contributed by atoms with Gasteiger partial charge in [0, 0.05) is 12.7 Å². The van der Waals surface area contributed by atoms with Gasteiger partial charge in [0.1, 0.15) is 9.21 Å². The summed E-state index contributed by atoms with van der Waals surface area (Å²) in [5.74, 6) is -0.124. The Labute approximate surface area is 125 Å². The third-order valence-corrected chi connectivity index (χ3v) is 3.20. The van der Waals surface area contributed by atoms with Gasteiger partial charge >= 0.3 is 0 Å². The zero-order valence-electron chi connectivity index (χ0n) is 9.89. The van der Waals surface area contributed by atoms with Gasteiger partial charge in [-0.1, -0.05) is 0 Å². The summed E-state index contributed by atoms with van der Waals surface area (Å²) in [5, 5.41) is 6.67. The molecule has 0 aromatic carbocycles. The first-order valence-corrected chi connectivity index (χ1v) is 6.92. The summed E-state index contributed by atoms with van der Waals surface area (Å²) in [6.45, 7) is 2.55. The highest BCUT2D eigenvalue weighted by atomic mass is 79.9. The number of aromatic nitrogens is 4. The van der Waals surface area contributed by atoms with E-state index < -0.39 is 5.91 Å². The Hall–Kier alpha value is -1.48. The van der Waals surface area contributed by atoms with E-state index in [1.165, 1.54) is 6.20 Å². The highest BCUT2D eigenvalue weighted by Crippen LogP contribution is 2.20. The maximum absolute atomic E-state index is 12.0. The number of amides is 1. The van der Waals surface area contributed by atoms with E-state index in [0.717, 1.165) is 0 Å². The fourth-order valence-corrected chi connectivity index (χ4v) is 2.28. The van der Waals surface area contributed by atoms with Crippen molar-refractivity contribution in [1.82, 2.24) is 19.7 Å². The number of nitrogens with one attached hydrogen (secondary N) is 1. The summed E-state index contributed by atoms with van der Waals surface area (Å²) in [6, 6.07) is 0. The minimum absolute atomic E-state index is 0.165. The fourth-order valence-electron chi connectivity index (χ4n) is 1.37. The molecule has 0 bridgehead atoms. The molecule has 2 aromatic rings. The average molecular weight is 390 g/mol. The average Bonchev–Trinajstić information content (AvgIpc) is 2.74. The van der Waals surface area contributed by atoms with Crippen molar-refractivity contribution in [3.63, 3.8) is 0 Å². The first-order valence-electron chi connectivity index (χ1n) is 5.33. The zero-order valence-corrected chi connectivity index (χ0v) is 13.1. The van der Waals surface area contributed by atoms with Crippen LogP contribution >= 0.6 is 31.9 Å². The normalized spacial score (nSPS) is 10.5. The number of anilines is 2. The van der Waals surface area contributed by atoms with Gasteiger partial charge in [-0.25, -0.2) is 9.97 Å². The number of hydrogen-bond acceptors (Lipinski definition) is 5. The van der Waals surface area contributed by atoms with E-state index >= 15 is 0 Å². The maximum atomic E-state index is 12.0. The Kier molecular flexibility index (Phi) is 4.15. The number of nitrogen functional groups attached to an aromatic ring is 1. The van der Waals surface area contributed by atoms with Crippen LogP contribution in [-0.4, -0.2) is 25.7 Å². The zero-order chi connectivity index (χ0) is 14.0. The minimum Gasteiger partial charge on any atom is -0.396 e. The third kappa shape index (κ3) is 3.10. The first kappa shape index (κ1) is 13.9. The molecule has 0 saturated heterocycles. The monoisotopic (exact) mass is 388 g/mol. The van der Waals surface area contributed by atoms with Gasteiger partial charge in [-0.2, -0.15) is 5.10 Å². The van der Waals surface area contributed by atoms with Crippen molar-refractivity contribution in [1.29, 1.82) is 0 Å². The molecule has 0 saturated carbocycles. The highest BCUT2D eigenvalue weighted by Gasteiger charge is 2.16. The maximum Gasteiger partial charge on any atom is 0.279 e. The van der Waals surface area contributed by atoms with Crippen LogP contribution in [0.4, 0.5) is 11.5 Å². The lowest BCUT2D eigenvalue weighted by atomic mass is 10.3. The predicted molar refractivity (Wildman–Crippen MR) is 77.7 cm³/mol. The van der Waals surface area contributed by atoms with E-state index in [2.05, 4.69) is 52.2 Å². The van der Waals surface area contributed by atoms with Crippen LogP contribution in [0.25, 0.3) is 0 Å². The molecule has 1 amide bonds. The molecule has 0 radical (unpaired) electrons. The Bertz CT molecular complexity index is 626. The van der Waals surface area contributed by atoms with Crippen LogP contribution in [0.2, 0.25) is 0 Å². The Morgan fingerprint density at radius 3 is 2.84 bits per heavy atom. The number of halogens is 2. The summed E-state index contributed by atoms with van der Waals surface area (Å²) < 4.78 is 2.57. The van der Waals surface area contributed by atoms with E-state index in [1.54, 1.807) is 10.9 Å². The molecule has 9 heteroatoms. The molecule has 0 spiro atoms. The molecule has 0 unspecified atom stereocenters. The molecule has 19 heavy (non-hydrogen) atoms.